The van der Waals surface area contributed by atoms with E-state index < -0.39 is 0 Å². The first-order chi connectivity index (χ1) is 14.0. The number of rotatable bonds is 7. The third kappa shape index (κ3) is 5.97. The van der Waals surface area contributed by atoms with Crippen LogP contribution in [-0.2, 0) is 4.74 Å². The molecule has 2 N–H and O–H groups in total. The van der Waals surface area contributed by atoms with E-state index in [2.05, 4.69) is 15.5 Å². The summed E-state index contributed by atoms with van der Waals surface area (Å²) >= 11 is 0. The zero-order valence-corrected chi connectivity index (χ0v) is 16.4. The quantitative estimate of drug-likeness (QED) is 0.702. The molecule has 2 amide bonds. The minimum absolute atomic E-state index is 0.0724. The molecule has 0 unspecified atom stereocenters. The Labute approximate surface area is 170 Å². The van der Waals surface area contributed by atoms with Crippen molar-refractivity contribution in [1.82, 2.24) is 10.2 Å². The Morgan fingerprint density at radius 1 is 0.931 bits per heavy atom. The van der Waals surface area contributed by atoms with Crippen LogP contribution in [0.1, 0.15) is 38.0 Å². The van der Waals surface area contributed by atoms with Crippen LogP contribution in [0.15, 0.2) is 48.5 Å². The Hall–Kier alpha value is -3.03. The van der Waals surface area contributed by atoms with Crippen LogP contribution in [-0.4, -0.2) is 61.9 Å². The fourth-order valence-corrected chi connectivity index (χ4v) is 3.08. The largest absolute Gasteiger partial charge is 0.379 e. The summed E-state index contributed by atoms with van der Waals surface area (Å²) in [5.41, 5.74) is 1.86. The van der Waals surface area contributed by atoms with E-state index >= 15 is 0 Å². The average Bonchev–Trinajstić information content (AvgIpc) is 2.74. The Morgan fingerprint density at radius 3 is 2.31 bits per heavy atom. The molecule has 2 aromatic carbocycles. The number of carbonyl (C=O) groups is 3. The van der Waals surface area contributed by atoms with Gasteiger partial charge in [-0.05, 0) is 37.3 Å². The maximum absolute atomic E-state index is 12.5. The van der Waals surface area contributed by atoms with Crippen LogP contribution in [0.3, 0.4) is 0 Å². The van der Waals surface area contributed by atoms with Crippen molar-refractivity contribution in [3.63, 3.8) is 0 Å². The van der Waals surface area contributed by atoms with Crippen LogP contribution in [0.2, 0.25) is 0 Å². The van der Waals surface area contributed by atoms with E-state index in [1.165, 1.54) is 6.92 Å². The number of amides is 2. The molecular weight excluding hydrogens is 370 g/mol. The predicted octanol–water partition coefficient (Wildman–Crippen LogP) is 2.20. The number of ether oxygens (including phenoxy) is 1. The molecule has 1 fully saturated rings. The maximum atomic E-state index is 12.5. The number of morpholine rings is 1. The Morgan fingerprint density at radius 2 is 1.59 bits per heavy atom. The van der Waals surface area contributed by atoms with Crippen molar-refractivity contribution in [2.45, 2.75) is 6.92 Å². The Bertz CT molecular complexity index is 891. The molecule has 1 saturated heterocycles. The van der Waals surface area contributed by atoms with Crippen molar-refractivity contribution in [1.29, 1.82) is 0 Å². The lowest BCUT2D eigenvalue weighted by atomic mass is 10.1. The van der Waals surface area contributed by atoms with Gasteiger partial charge in [0.25, 0.3) is 11.8 Å². The molecule has 0 atom stereocenters. The van der Waals surface area contributed by atoms with Gasteiger partial charge in [-0.3, -0.25) is 19.3 Å². The third-order valence-electron chi connectivity index (χ3n) is 4.73. The number of nitrogens with one attached hydrogen (secondary N) is 2. The summed E-state index contributed by atoms with van der Waals surface area (Å²) in [6.07, 6.45) is 0. The van der Waals surface area contributed by atoms with Gasteiger partial charge in [-0.2, -0.15) is 0 Å². The highest BCUT2D eigenvalue weighted by atomic mass is 16.5. The van der Waals surface area contributed by atoms with Crippen LogP contribution in [0.4, 0.5) is 5.69 Å². The molecule has 2 aromatic rings. The SMILES string of the molecule is CC(=O)c1cccc(NC(=O)c2cccc(C(=O)NCCN3CCOCC3)c2)c1. The highest BCUT2D eigenvalue weighted by Gasteiger charge is 2.13. The van der Waals surface area contributed by atoms with E-state index in [0.29, 0.717) is 28.9 Å². The minimum atomic E-state index is -0.339. The van der Waals surface area contributed by atoms with Crippen molar-refractivity contribution >= 4 is 23.3 Å². The molecule has 29 heavy (non-hydrogen) atoms. The number of anilines is 1. The maximum Gasteiger partial charge on any atom is 0.255 e. The van der Waals surface area contributed by atoms with Crippen LogP contribution >= 0.6 is 0 Å². The topological polar surface area (TPSA) is 87.7 Å². The van der Waals surface area contributed by atoms with Crippen molar-refractivity contribution in [2.24, 2.45) is 0 Å². The van der Waals surface area contributed by atoms with Crippen molar-refractivity contribution in [3.05, 3.63) is 65.2 Å². The molecule has 152 valence electrons. The van der Waals surface area contributed by atoms with Crippen molar-refractivity contribution in [2.75, 3.05) is 44.7 Å². The van der Waals surface area contributed by atoms with Crippen molar-refractivity contribution < 1.29 is 19.1 Å². The standard InChI is InChI=1S/C22H25N3O4/c1-16(26)17-4-3-7-20(15-17)24-22(28)19-6-2-5-18(14-19)21(27)23-8-9-25-10-12-29-13-11-25/h2-7,14-15H,8-13H2,1H3,(H,23,27)(H,24,28). The number of carbonyl (C=O) groups excluding carboxylic acids is 3. The van der Waals surface area contributed by atoms with Gasteiger partial charge in [0, 0.05) is 48.6 Å². The molecule has 7 nitrogen and oxygen atoms in total. The summed E-state index contributed by atoms with van der Waals surface area (Å²) in [5, 5.41) is 5.66. The summed E-state index contributed by atoms with van der Waals surface area (Å²) in [7, 11) is 0. The summed E-state index contributed by atoms with van der Waals surface area (Å²) in [4.78, 5) is 38.7. The first kappa shape index (κ1) is 20.7. The average molecular weight is 395 g/mol. The second-order valence-electron chi connectivity index (χ2n) is 6.88. The molecule has 3 rings (SSSR count). The lowest BCUT2D eigenvalue weighted by Gasteiger charge is -2.26. The van der Waals surface area contributed by atoms with Gasteiger partial charge in [0.2, 0.25) is 0 Å². The number of nitrogens with zero attached hydrogens (tertiary/aromatic N) is 1. The third-order valence-corrected chi connectivity index (χ3v) is 4.73. The van der Waals surface area contributed by atoms with E-state index in [0.717, 1.165) is 32.8 Å². The second kappa shape index (κ2) is 9.95. The van der Waals surface area contributed by atoms with E-state index in [1.54, 1.807) is 48.5 Å². The zero-order chi connectivity index (χ0) is 20.6. The fraction of sp³-hybridized carbons (Fsp3) is 0.318. The van der Waals surface area contributed by atoms with Gasteiger partial charge < -0.3 is 15.4 Å². The van der Waals surface area contributed by atoms with E-state index in [1.807, 2.05) is 0 Å². The van der Waals surface area contributed by atoms with E-state index in [-0.39, 0.29) is 17.6 Å². The highest BCUT2D eigenvalue weighted by molar-refractivity contribution is 6.06. The summed E-state index contributed by atoms with van der Waals surface area (Å²) in [5.74, 6) is -0.628. The molecule has 1 aliphatic rings. The van der Waals surface area contributed by atoms with E-state index in [9.17, 15) is 14.4 Å². The van der Waals surface area contributed by atoms with Crippen molar-refractivity contribution in [3.8, 4) is 0 Å². The number of Topliss-reactive ketones (excluding diaryl/α,β-unsaturated/α-hetero) is 1. The van der Waals surface area contributed by atoms with Crippen LogP contribution in [0.25, 0.3) is 0 Å². The van der Waals surface area contributed by atoms with Crippen LogP contribution in [0.5, 0.6) is 0 Å². The van der Waals surface area contributed by atoms with Gasteiger partial charge in [-0.1, -0.05) is 18.2 Å². The number of hydrogen-bond donors (Lipinski definition) is 2. The Kier molecular flexibility index (Phi) is 7.10. The van der Waals surface area contributed by atoms with Crippen LogP contribution in [0, 0.1) is 0 Å². The molecule has 1 heterocycles. The number of ketones is 1. The molecular formula is C22H25N3O4. The fourth-order valence-electron chi connectivity index (χ4n) is 3.08. The molecule has 0 bridgehead atoms. The first-order valence-electron chi connectivity index (χ1n) is 9.63. The smallest absolute Gasteiger partial charge is 0.255 e. The normalized spacial score (nSPS) is 14.2. The lowest BCUT2D eigenvalue weighted by molar-refractivity contribution is 0.0383. The van der Waals surface area contributed by atoms with Gasteiger partial charge in [-0.25, -0.2) is 0 Å². The van der Waals surface area contributed by atoms with Gasteiger partial charge in [0.05, 0.1) is 13.2 Å². The molecule has 0 radical (unpaired) electrons. The summed E-state index contributed by atoms with van der Waals surface area (Å²) in [6.45, 7) is 5.96. The van der Waals surface area contributed by atoms with Crippen LogP contribution < -0.4 is 10.6 Å². The first-order valence-corrected chi connectivity index (χ1v) is 9.63. The zero-order valence-electron chi connectivity index (χ0n) is 16.4. The number of hydrogen-bond acceptors (Lipinski definition) is 5. The van der Waals surface area contributed by atoms with Gasteiger partial charge in [0.1, 0.15) is 0 Å². The molecule has 0 aliphatic carbocycles. The molecule has 7 heteroatoms. The second-order valence-corrected chi connectivity index (χ2v) is 6.88. The molecule has 1 aliphatic heterocycles. The lowest BCUT2D eigenvalue weighted by Crippen LogP contribution is -2.41. The molecule has 0 saturated carbocycles. The van der Waals surface area contributed by atoms with Gasteiger partial charge in [-0.15, -0.1) is 0 Å². The minimum Gasteiger partial charge on any atom is -0.379 e. The monoisotopic (exact) mass is 395 g/mol. The molecule has 0 spiro atoms. The van der Waals surface area contributed by atoms with E-state index in [4.69, 9.17) is 4.74 Å². The highest BCUT2D eigenvalue weighted by Crippen LogP contribution is 2.14. The number of benzene rings is 2. The predicted molar refractivity (Wildman–Crippen MR) is 110 cm³/mol. The summed E-state index contributed by atoms with van der Waals surface area (Å²) < 4.78 is 5.31. The Balaban J connectivity index is 1.57. The summed E-state index contributed by atoms with van der Waals surface area (Å²) in [6, 6.07) is 13.3. The van der Waals surface area contributed by atoms with Gasteiger partial charge in [0.15, 0.2) is 5.78 Å². The molecule has 0 aromatic heterocycles. The van der Waals surface area contributed by atoms with Gasteiger partial charge >= 0.3 is 0 Å².